The van der Waals surface area contributed by atoms with Crippen LogP contribution in [0.25, 0.3) is 16.9 Å². The summed E-state index contributed by atoms with van der Waals surface area (Å²) in [5.41, 5.74) is 9.26. The van der Waals surface area contributed by atoms with Crippen LogP contribution in [0.2, 0.25) is 0 Å². The molecule has 2 heterocycles. The summed E-state index contributed by atoms with van der Waals surface area (Å²) < 4.78 is 20.0. The minimum atomic E-state index is -0.348. The second kappa shape index (κ2) is 4.52. The van der Waals surface area contributed by atoms with E-state index in [0.29, 0.717) is 17.2 Å². The number of ether oxygens (including phenoxy) is 1. The highest BCUT2D eigenvalue weighted by atomic mass is 19.1. The highest BCUT2D eigenvalue weighted by molar-refractivity contribution is 5.77. The molecule has 2 N–H and O–H groups in total. The van der Waals surface area contributed by atoms with Crippen molar-refractivity contribution in [3.8, 4) is 17.0 Å². The molecule has 0 atom stereocenters. The third kappa shape index (κ3) is 1.87. The number of imidazole rings is 1. The molecule has 0 unspecified atom stereocenters. The molecule has 3 rings (SSSR count). The van der Waals surface area contributed by atoms with Gasteiger partial charge in [0.25, 0.3) is 0 Å². The summed E-state index contributed by atoms with van der Waals surface area (Å²) in [6, 6.07) is 8.65. The number of hydrogen-bond acceptors (Lipinski definition) is 3. The Morgan fingerprint density at radius 2 is 2.05 bits per heavy atom. The van der Waals surface area contributed by atoms with Crippen molar-refractivity contribution in [2.45, 2.75) is 6.92 Å². The lowest BCUT2D eigenvalue weighted by Crippen LogP contribution is -1.95. The molecule has 0 aliphatic heterocycles. The first kappa shape index (κ1) is 12.5. The second-order valence-corrected chi connectivity index (χ2v) is 4.60. The van der Waals surface area contributed by atoms with Crippen molar-refractivity contribution in [2.24, 2.45) is 0 Å². The molecule has 3 aromatic rings. The number of anilines is 1. The second-order valence-electron chi connectivity index (χ2n) is 4.60. The lowest BCUT2D eigenvalue weighted by Gasteiger charge is -2.06. The first-order valence-corrected chi connectivity index (χ1v) is 6.18. The third-order valence-electron chi connectivity index (χ3n) is 3.31. The molecule has 0 amide bonds. The average molecular weight is 271 g/mol. The van der Waals surface area contributed by atoms with Gasteiger partial charge in [-0.25, -0.2) is 9.37 Å². The number of aryl methyl sites for hydroxylation is 1. The van der Waals surface area contributed by atoms with Gasteiger partial charge in [-0.1, -0.05) is 0 Å². The molecule has 0 saturated carbocycles. The zero-order valence-corrected chi connectivity index (χ0v) is 11.2. The molecule has 0 fully saturated rings. The molecular weight excluding hydrogens is 257 g/mol. The number of halogens is 1. The van der Waals surface area contributed by atoms with Crippen molar-refractivity contribution >= 4 is 11.5 Å². The predicted molar refractivity (Wildman–Crippen MR) is 76.3 cm³/mol. The van der Waals surface area contributed by atoms with Crippen LogP contribution < -0.4 is 10.5 Å². The molecule has 4 nitrogen and oxygen atoms in total. The topological polar surface area (TPSA) is 52.5 Å². The molecule has 1 aromatic carbocycles. The molecule has 0 aliphatic carbocycles. The van der Waals surface area contributed by atoms with Gasteiger partial charge < -0.3 is 10.5 Å². The van der Waals surface area contributed by atoms with Gasteiger partial charge in [0.05, 0.1) is 7.11 Å². The molecule has 0 spiro atoms. The zero-order chi connectivity index (χ0) is 14.3. The van der Waals surface area contributed by atoms with E-state index in [1.54, 1.807) is 17.6 Å². The van der Waals surface area contributed by atoms with Crippen LogP contribution in [0.15, 0.2) is 36.5 Å². The molecule has 102 valence electrons. The van der Waals surface area contributed by atoms with Crippen LogP contribution in [0.3, 0.4) is 0 Å². The van der Waals surface area contributed by atoms with Crippen molar-refractivity contribution in [3.05, 3.63) is 47.9 Å². The van der Waals surface area contributed by atoms with E-state index in [1.165, 1.54) is 12.3 Å². The number of methoxy groups -OCH3 is 1. The van der Waals surface area contributed by atoms with E-state index in [2.05, 4.69) is 4.98 Å². The third-order valence-corrected chi connectivity index (χ3v) is 3.31. The number of rotatable bonds is 2. The summed E-state index contributed by atoms with van der Waals surface area (Å²) in [6.45, 7) is 1.96. The fourth-order valence-corrected chi connectivity index (χ4v) is 2.26. The number of hydrogen-bond donors (Lipinski definition) is 1. The number of benzene rings is 1. The van der Waals surface area contributed by atoms with Gasteiger partial charge in [0.2, 0.25) is 0 Å². The smallest absolute Gasteiger partial charge is 0.140 e. The van der Waals surface area contributed by atoms with Crippen LogP contribution in [0.5, 0.6) is 5.75 Å². The summed E-state index contributed by atoms with van der Waals surface area (Å²) >= 11 is 0. The quantitative estimate of drug-likeness (QED) is 0.779. The van der Waals surface area contributed by atoms with E-state index in [9.17, 15) is 4.39 Å². The van der Waals surface area contributed by atoms with Gasteiger partial charge in [0.1, 0.15) is 28.7 Å². The van der Waals surface area contributed by atoms with Crippen molar-refractivity contribution in [1.82, 2.24) is 9.38 Å². The number of pyridine rings is 1. The van der Waals surface area contributed by atoms with Gasteiger partial charge >= 0.3 is 0 Å². The number of aromatic nitrogens is 2. The van der Waals surface area contributed by atoms with Gasteiger partial charge in [-0.3, -0.25) is 4.40 Å². The Bertz CT molecular complexity index is 795. The van der Waals surface area contributed by atoms with Crippen molar-refractivity contribution in [2.75, 3.05) is 12.8 Å². The van der Waals surface area contributed by atoms with Gasteiger partial charge in [-0.15, -0.1) is 0 Å². The predicted octanol–water partition coefficient (Wildman–Crippen LogP) is 3.04. The van der Waals surface area contributed by atoms with Crippen molar-refractivity contribution in [1.29, 1.82) is 0 Å². The minimum Gasteiger partial charge on any atom is -0.497 e. The summed E-state index contributed by atoms with van der Waals surface area (Å²) in [7, 11) is 1.62. The van der Waals surface area contributed by atoms with E-state index in [1.807, 2.05) is 25.1 Å². The Balaban J connectivity index is 2.22. The van der Waals surface area contributed by atoms with Crippen LogP contribution in [-0.2, 0) is 0 Å². The van der Waals surface area contributed by atoms with Crippen LogP contribution in [0.1, 0.15) is 5.56 Å². The monoisotopic (exact) mass is 271 g/mol. The van der Waals surface area contributed by atoms with E-state index in [-0.39, 0.29) is 5.82 Å². The maximum absolute atomic E-state index is 13.3. The summed E-state index contributed by atoms with van der Waals surface area (Å²) in [6.07, 6.45) is 1.33. The standard InChI is InChI=1S/C15H14FN3O/c1-9-7-11(20-2)4-5-12(9)14-15(17)19-8-10(16)3-6-13(19)18-14/h3-8H,17H2,1-2H3. The van der Waals surface area contributed by atoms with Crippen molar-refractivity contribution in [3.63, 3.8) is 0 Å². The molecule has 20 heavy (non-hydrogen) atoms. The molecular formula is C15H14FN3O. The molecule has 0 bridgehead atoms. The first-order valence-electron chi connectivity index (χ1n) is 6.18. The fraction of sp³-hybridized carbons (Fsp3) is 0.133. The van der Waals surface area contributed by atoms with Crippen molar-refractivity contribution < 1.29 is 9.13 Å². The number of nitrogens with two attached hydrogens (primary N) is 1. The van der Waals surface area contributed by atoms with Gasteiger partial charge in [0.15, 0.2) is 0 Å². The fourth-order valence-electron chi connectivity index (χ4n) is 2.26. The Morgan fingerprint density at radius 3 is 2.75 bits per heavy atom. The maximum atomic E-state index is 13.3. The highest BCUT2D eigenvalue weighted by Gasteiger charge is 2.14. The van der Waals surface area contributed by atoms with E-state index in [0.717, 1.165) is 16.9 Å². The van der Waals surface area contributed by atoms with Gasteiger partial charge in [0, 0.05) is 11.8 Å². The number of nitrogen functional groups attached to an aromatic ring is 1. The maximum Gasteiger partial charge on any atom is 0.140 e. The Morgan fingerprint density at radius 1 is 1.25 bits per heavy atom. The lowest BCUT2D eigenvalue weighted by molar-refractivity contribution is 0.414. The number of fused-ring (bicyclic) bond motifs is 1. The molecule has 0 saturated heterocycles. The first-order chi connectivity index (χ1) is 9.60. The summed E-state index contributed by atoms with van der Waals surface area (Å²) in [5, 5.41) is 0. The van der Waals surface area contributed by atoms with E-state index < -0.39 is 0 Å². The SMILES string of the molecule is COc1ccc(-c2nc3ccc(F)cn3c2N)c(C)c1. The lowest BCUT2D eigenvalue weighted by atomic mass is 10.1. The molecule has 2 aromatic heterocycles. The number of nitrogens with zero attached hydrogens (tertiary/aromatic N) is 2. The molecule has 5 heteroatoms. The van der Waals surface area contributed by atoms with E-state index in [4.69, 9.17) is 10.5 Å². The van der Waals surface area contributed by atoms with Gasteiger partial charge in [-0.2, -0.15) is 0 Å². The van der Waals surface area contributed by atoms with Crippen LogP contribution >= 0.6 is 0 Å². The van der Waals surface area contributed by atoms with Crippen LogP contribution in [0, 0.1) is 12.7 Å². The van der Waals surface area contributed by atoms with Gasteiger partial charge in [-0.05, 0) is 42.8 Å². The normalized spacial score (nSPS) is 10.9. The Hall–Kier alpha value is -2.56. The summed E-state index contributed by atoms with van der Waals surface area (Å²) in [5.74, 6) is 0.854. The molecule has 0 radical (unpaired) electrons. The zero-order valence-electron chi connectivity index (χ0n) is 11.2. The Kier molecular flexibility index (Phi) is 2.82. The minimum absolute atomic E-state index is 0.348. The summed E-state index contributed by atoms with van der Waals surface area (Å²) in [4.78, 5) is 4.47. The average Bonchev–Trinajstić information content (AvgIpc) is 2.76. The highest BCUT2D eigenvalue weighted by Crippen LogP contribution is 2.31. The Labute approximate surface area is 115 Å². The largest absolute Gasteiger partial charge is 0.497 e. The van der Waals surface area contributed by atoms with Crippen LogP contribution in [-0.4, -0.2) is 16.5 Å². The van der Waals surface area contributed by atoms with Crippen LogP contribution in [0.4, 0.5) is 10.2 Å². The molecule has 0 aliphatic rings. The van der Waals surface area contributed by atoms with E-state index >= 15 is 0 Å².